The summed E-state index contributed by atoms with van der Waals surface area (Å²) in [5, 5.41) is 1.46. The molecule has 1 heterocycles. The first kappa shape index (κ1) is 13.2. The maximum absolute atomic E-state index is 6.11. The van der Waals surface area contributed by atoms with Crippen molar-refractivity contribution in [3.8, 4) is 5.69 Å². The van der Waals surface area contributed by atoms with Crippen molar-refractivity contribution in [2.24, 2.45) is 0 Å². The number of benzene rings is 2. The minimum atomic E-state index is 0.712. The molecule has 0 aliphatic carbocycles. The van der Waals surface area contributed by atoms with Crippen molar-refractivity contribution in [1.29, 1.82) is 0 Å². The Morgan fingerprint density at radius 1 is 1.00 bits per heavy atom. The Hall–Kier alpha value is -1.77. The topological polar surface area (TPSA) is 17.8 Å². The van der Waals surface area contributed by atoms with Gasteiger partial charge in [0.25, 0.3) is 0 Å². The smallest absolute Gasteiger partial charge is 0.0991 e. The average Bonchev–Trinajstić information content (AvgIpc) is 2.95. The summed E-state index contributed by atoms with van der Waals surface area (Å²) in [6.07, 6.45) is 6.23. The molecule has 0 N–H and O–H groups in total. The number of hydrogen-bond acceptors (Lipinski definition) is 1. The summed E-state index contributed by atoms with van der Waals surface area (Å²) in [6, 6.07) is 13.8. The molecule has 0 unspecified atom stereocenters. The molecule has 3 aromatic rings. The maximum Gasteiger partial charge on any atom is 0.0991 e. The molecule has 0 atom stereocenters. The predicted octanol–water partition coefficient (Wildman–Crippen LogP) is 4.77. The van der Waals surface area contributed by atoms with E-state index in [1.165, 1.54) is 11.1 Å². The van der Waals surface area contributed by atoms with Crippen LogP contribution in [0.2, 0.25) is 10.0 Å². The second kappa shape index (κ2) is 5.70. The fraction of sp³-hybridized carbons (Fsp3) is 0.0625. The average molecular weight is 303 g/mol. The third-order valence-corrected chi connectivity index (χ3v) is 3.58. The van der Waals surface area contributed by atoms with E-state index in [0.29, 0.717) is 5.02 Å². The Bertz CT molecular complexity index is 721. The van der Waals surface area contributed by atoms with E-state index in [9.17, 15) is 0 Å². The highest BCUT2D eigenvalue weighted by Gasteiger charge is 2.07. The molecule has 2 aromatic carbocycles. The molecule has 4 heteroatoms. The van der Waals surface area contributed by atoms with E-state index >= 15 is 0 Å². The van der Waals surface area contributed by atoms with Crippen molar-refractivity contribution >= 4 is 23.2 Å². The maximum atomic E-state index is 6.11. The molecule has 0 saturated carbocycles. The van der Waals surface area contributed by atoms with Crippen molar-refractivity contribution in [2.75, 3.05) is 0 Å². The zero-order chi connectivity index (χ0) is 13.9. The molecule has 0 bridgehead atoms. The standard InChI is InChI=1S/C16H12Cl2N2/c17-14-3-1-2-12(9-14)8-13-4-5-15(18)10-16(13)20-7-6-19-11-20/h1-7,9-11H,8H2. The largest absolute Gasteiger partial charge is 0.306 e. The first-order valence-corrected chi connectivity index (χ1v) is 6.99. The van der Waals surface area contributed by atoms with Crippen LogP contribution >= 0.6 is 23.2 Å². The summed E-state index contributed by atoms with van der Waals surface area (Å²) in [7, 11) is 0. The highest BCUT2D eigenvalue weighted by Crippen LogP contribution is 2.23. The number of halogens is 2. The molecular weight excluding hydrogens is 291 g/mol. The van der Waals surface area contributed by atoms with E-state index in [4.69, 9.17) is 23.2 Å². The van der Waals surface area contributed by atoms with Crippen LogP contribution in [0, 0.1) is 0 Å². The van der Waals surface area contributed by atoms with E-state index in [2.05, 4.69) is 11.1 Å². The summed E-state index contributed by atoms with van der Waals surface area (Å²) in [5.41, 5.74) is 3.38. The molecule has 0 fully saturated rings. The third kappa shape index (κ3) is 2.87. The third-order valence-electron chi connectivity index (χ3n) is 3.11. The van der Waals surface area contributed by atoms with Crippen LogP contribution in [0.4, 0.5) is 0 Å². The lowest BCUT2D eigenvalue weighted by atomic mass is 10.0. The van der Waals surface area contributed by atoms with Crippen molar-refractivity contribution in [2.45, 2.75) is 6.42 Å². The van der Waals surface area contributed by atoms with Crippen molar-refractivity contribution in [1.82, 2.24) is 9.55 Å². The number of rotatable bonds is 3. The van der Waals surface area contributed by atoms with Gasteiger partial charge in [0.05, 0.1) is 12.0 Å². The second-order valence-corrected chi connectivity index (χ2v) is 5.42. The van der Waals surface area contributed by atoms with Gasteiger partial charge in [-0.25, -0.2) is 4.98 Å². The molecule has 0 spiro atoms. The number of nitrogens with zero attached hydrogens (tertiary/aromatic N) is 2. The van der Waals surface area contributed by atoms with Crippen LogP contribution in [0.1, 0.15) is 11.1 Å². The van der Waals surface area contributed by atoms with Crippen LogP contribution in [-0.2, 0) is 6.42 Å². The van der Waals surface area contributed by atoms with E-state index in [-0.39, 0.29) is 0 Å². The molecule has 100 valence electrons. The summed E-state index contributed by atoms with van der Waals surface area (Å²) >= 11 is 12.1. The van der Waals surface area contributed by atoms with Crippen LogP contribution in [0.25, 0.3) is 5.69 Å². The van der Waals surface area contributed by atoms with Gasteiger partial charge in [0.2, 0.25) is 0 Å². The fourth-order valence-electron chi connectivity index (χ4n) is 2.20. The number of imidazole rings is 1. The van der Waals surface area contributed by atoms with E-state index in [0.717, 1.165) is 17.1 Å². The van der Waals surface area contributed by atoms with Crippen LogP contribution in [0.3, 0.4) is 0 Å². The summed E-state index contributed by atoms with van der Waals surface area (Å²) in [5.74, 6) is 0. The second-order valence-electron chi connectivity index (χ2n) is 4.55. The molecule has 0 aliphatic rings. The Morgan fingerprint density at radius 2 is 1.85 bits per heavy atom. The lowest BCUT2D eigenvalue weighted by Crippen LogP contribution is -1.98. The predicted molar refractivity (Wildman–Crippen MR) is 82.8 cm³/mol. The van der Waals surface area contributed by atoms with Gasteiger partial charge in [0.1, 0.15) is 0 Å². The van der Waals surface area contributed by atoms with E-state index < -0.39 is 0 Å². The molecule has 0 saturated heterocycles. The fourth-order valence-corrected chi connectivity index (χ4v) is 2.57. The quantitative estimate of drug-likeness (QED) is 0.681. The molecule has 0 aliphatic heterocycles. The van der Waals surface area contributed by atoms with Gasteiger partial charge >= 0.3 is 0 Å². The van der Waals surface area contributed by atoms with Gasteiger partial charge < -0.3 is 4.57 Å². The van der Waals surface area contributed by atoms with E-state index in [1.807, 2.05) is 47.2 Å². The Kier molecular flexibility index (Phi) is 3.77. The zero-order valence-corrected chi connectivity index (χ0v) is 12.1. The van der Waals surface area contributed by atoms with Crippen LogP contribution in [0.5, 0.6) is 0 Å². The SMILES string of the molecule is Clc1cccc(Cc2ccc(Cl)cc2-n2ccnc2)c1. The summed E-state index contributed by atoms with van der Waals surface area (Å²) in [6.45, 7) is 0. The Balaban J connectivity index is 2.01. The van der Waals surface area contributed by atoms with Crippen molar-refractivity contribution in [3.05, 3.63) is 82.4 Å². The summed E-state index contributed by atoms with van der Waals surface area (Å²) in [4.78, 5) is 4.09. The van der Waals surface area contributed by atoms with Crippen molar-refractivity contribution in [3.63, 3.8) is 0 Å². The molecular formula is C16H12Cl2N2. The first-order chi connectivity index (χ1) is 9.72. The van der Waals surface area contributed by atoms with Gasteiger partial charge in [-0.15, -0.1) is 0 Å². The highest BCUT2D eigenvalue weighted by molar-refractivity contribution is 6.31. The lowest BCUT2D eigenvalue weighted by Gasteiger charge is -2.11. The van der Waals surface area contributed by atoms with Gasteiger partial charge in [0.15, 0.2) is 0 Å². The normalized spacial score (nSPS) is 10.7. The number of hydrogen-bond donors (Lipinski definition) is 0. The Morgan fingerprint density at radius 3 is 2.60 bits per heavy atom. The van der Waals surface area contributed by atoms with E-state index in [1.54, 1.807) is 12.5 Å². The number of aromatic nitrogens is 2. The summed E-state index contributed by atoms with van der Waals surface area (Å²) < 4.78 is 1.96. The first-order valence-electron chi connectivity index (χ1n) is 6.23. The zero-order valence-electron chi connectivity index (χ0n) is 10.6. The molecule has 0 radical (unpaired) electrons. The van der Waals surface area contributed by atoms with Gasteiger partial charge in [-0.2, -0.15) is 0 Å². The minimum absolute atomic E-state index is 0.712. The van der Waals surface area contributed by atoms with Gasteiger partial charge in [-0.1, -0.05) is 41.4 Å². The lowest BCUT2D eigenvalue weighted by molar-refractivity contribution is 1.02. The van der Waals surface area contributed by atoms with Gasteiger partial charge in [0, 0.05) is 22.4 Å². The minimum Gasteiger partial charge on any atom is -0.306 e. The monoisotopic (exact) mass is 302 g/mol. The molecule has 3 rings (SSSR count). The van der Waals surface area contributed by atoms with Crippen LogP contribution < -0.4 is 0 Å². The highest BCUT2D eigenvalue weighted by atomic mass is 35.5. The van der Waals surface area contributed by atoms with Crippen LogP contribution in [-0.4, -0.2) is 9.55 Å². The van der Waals surface area contributed by atoms with Crippen molar-refractivity contribution < 1.29 is 0 Å². The molecule has 1 aromatic heterocycles. The van der Waals surface area contributed by atoms with Crippen LogP contribution in [0.15, 0.2) is 61.2 Å². The Labute approximate surface area is 127 Å². The molecule has 20 heavy (non-hydrogen) atoms. The molecule has 0 amide bonds. The van der Waals surface area contributed by atoms with Gasteiger partial charge in [-0.3, -0.25) is 0 Å². The molecule has 2 nitrogen and oxygen atoms in total. The van der Waals surface area contributed by atoms with Gasteiger partial charge in [-0.05, 0) is 41.8 Å².